The lowest BCUT2D eigenvalue weighted by Crippen LogP contribution is -2.27. The number of hydrogen-bond donors (Lipinski definition) is 2. The van der Waals surface area contributed by atoms with Gasteiger partial charge in [0.15, 0.2) is 0 Å². The molecule has 1 atom stereocenters. The molecule has 0 saturated heterocycles. The minimum atomic E-state index is 0.454. The molecule has 1 aromatic heterocycles. The quantitative estimate of drug-likeness (QED) is 0.693. The third kappa shape index (κ3) is 1.30. The first-order valence-electron chi connectivity index (χ1n) is 6.02. The third-order valence-corrected chi connectivity index (χ3v) is 3.63. The molecule has 1 unspecified atom stereocenters. The van der Waals surface area contributed by atoms with Gasteiger partial charge < -0.3 is 10.3 Å². The SMILES string of the molecule is Cc1cc(C)c2c3c([nH]c2c1)C(C)NCC3. The lowest BCUT2D eigenvalue weighted by Gasteiger charge is -2.20. The first kappa shape index (κ1) is 9.91. The number of nitrogens with one attached hydrogen (secondary N) is 2. The molecule has 2 heteroatoms. The van der Waals surface area contributed by atoms with Crippen LogP contribution < -0.4 is 5.32 Å². The van der Waals surface area contributed by atoms with Crippen molar-refractivity contribution < 1.29 is 0 Å². The average molecular weight is 214 g/mol. The zero-order valence-corrected chi connectivity index (χ0v) is 10.1. The number of aromatic nitrogens is 1. The highest BCUT2D eigenvalue weighted by atomic mass is 15.0. The maximum atomic E-state index is 3.58. The van der Waals surface area contributed by atoms with Crippen LogP contribution in [-0.2, 0) is 6.42 Å². The van der Waals surface area contributed by atoms with Gasteiger partial charge in [-0.2, -0.15) is 0 Å². The Balaban J connectivity index is 2.36. The van der Waals surface area contributed by atoms with Gasteiger partial charge in [-0.1, -0.05) is 6.07 Å². The lowest BCUT2D eigenvalue weighted by atomic mass is 9.97. The molecule has 0 spiro atoms. The minimum absolute atomic E-state index is 0.454. The van der Waals surface area contributed by atoms with Crippen molar-refractivity contribution >= 4 is 10.9 Å². The van der Waals surface area contributed by atoms with Gasteiger partial charge in [-0.3, -0.25) is 0 Å². The number of aryl methyl sites for hydroxylation is 2. The van der Waals surface area contributed by atoms with Crippen LogP contribution in [0.5, 0.6) is 0 Å². The predicted molar refractivity (Wildman–Crippen MR) is 67.9 cm³/mol. The standard InChI is InChI=1S/C14H18N2/c1-8-6-9(2)13-11-4-5-15-10(3)14(11)16-12(13)7-8/h6-7,10,15-16H,4-5H2,1-3H3. The summed E-state index contributed by atoms with van der Waals surface area (Å²) in [5.74, 6) is 0. The van der Waals surface area contributed by atoms with Gasteiger partial charge in [0.05, 0.1) is 0 Å². The molecule has 2 aromatic rings. The molecule has 3 rings (SSSR count). The second-order valence-corrected chi connectivity index (χ2v) is 4.95. The Morgan fingerprint density at radius 3 is 2.88 bits per heavy atom. The number of benzene rings is 1. The zero-order valence-electron chi connectivity index (χ0n) is 10.1. The average Bonchev–Trinajstić information content (AvgIpc) is 2.57. The molecular weight excluding hydrogens is 196 g/mol. The van der Waals surface area contributed by atoms with Crippen LogP contribution in [0, 0.1) is 13.8 Å². The molecule has 0 saturated carbocycles. The van der Waals surface area contributed by atoms with Crippen LogP contribution in [0.15, 0.2) is 12.1 Å². The molecule has 16 heavy (non-hydrogen) atoms. The Morgan fingerprint density at radius 2 is 2.06 bits per heavy atom. The van der Waals surface area contributed by atoms with Crippen molar-refractivity contribution in [3.05, 3.63) is 34.5 Å². The molecule has 1 aliphatic heterocycles. The summed E-state index contributed by atoms with van der Waals surface area (Å²) >= 11 is 0. The Hall–Kier alpha value is -1.28. The molecular formula is C14H18N2. The maximum Gasteiger partial charge on any atom is 0.0464 e. The molecule has 2 nitrogen and oxygen atoms in total. The Morgan fingerprint density at radius 1 is 1.25 bits per heavy atom. The Kier molecular flexibility index (Phi) is 2.08. The molecule has 1 aliphatic rings. The second-order valence-electron chi connectivity index (χ2n) is 4.95. The van der Waals surface area contributed by atoms with Crippen LogP contribution in [0.2, 0.25) is 0 Å². The van der Waals surface area contributed by atoms with Crippen LogP contribution in [0.25, 0.3) is 10.9 Å². The fourth-order valence-corrected chi connectivity index (χ4v) is 2.97. The van der Waals surface area contributed by atoms with E-state index in [2.05, 4.69) is 43.2 Å². The first-order chi connectivity index (χ1) is 7.66. The highest BCUT2D eigenvalue weighted by Gasteiger charge is 2.21. The van der Waals surface area contributed by atoms with E-state index in [9.17, 15) is 0 Å². The summed E-state index contributed by atoms with van der Waals surface area (Å²) in [6.07, 6.45) is 1.14. The Bertz CT molecular complexity index is 551. The van der Waals surface area contributed by atoms with E-state index in [-0.39, 0.29) is 0 Å². The third-order valence-electron chi connectivity index (χ3n) is 3.63. The van der Waals surface area contributed by atoms with Gasteiger partial charge in [-0.25, -0.2) is 0 Å². The van der Waals surface area contributed by atoms with E-state index in [1.165, 1.54) is 33.3 Å². The van der Waals surface area contributed by atoms with E-state index in [1.807, 2.05) is 0 Å². The number of rotatable bonds is 0. The van der Waals surface area contributed by atoms with Gasteiger partial charge in [0.25, 0.3) is 0 Å². The maximum absolute atomic E-state index is 3.58. The zero-order chi connectivity index (χ0) is 11.3. The molecule has 2 heterocycles. The van der Waals surface area contributed by atoms with Crippen LogP contribution >= 0.6 is 0 Å². The molecule has 0 amide bonds. The number of aromatic amines is 1. The molecule has 0 aliphatic carbocycles. The summed E-state index contributed by atoms with van der Waals surface area (Å²) in [5, 5.41) is 4.95. The first-order valence-corrected chi connectivity index (χ1v) is 6.02. The number of fused-ring (bicyclic) bond motifs is 3. The van der Waals surface area contributed by atoms with Crippen LogP contribution in [0.3, 0.4) is 0 Å². The van der Waals surface area contributed by atoms with E-state index in [4.69, 9.17) is 0 Å². The van der Waals surface area contributed by atoms with E-state index >= 15 is 0 Å². The van der Waals surface area contributed by atoms with E-state index in [0.29, 0.717) is 6.04 Å². The molecule has 2 N–H and O–H groups in total. The summed E-state index contributed by atoms with van der Waals surface area (Å²) in [7, 11) is 0. The van der Waals surface area contributed by atoms with Crippen LogP contribution in [0.4, 0.5) is 0 Å². The number of hydrogen-bond acceptors (Lipinski definition) is 1. The van der Waals surface area contributed by atoms with Gasteiger partial charge in [0, 0.05) is 22.6 Å². The van der Waals surface area contributed by atoms with Crippen molar-refractivity contribution in [3.8, 4) is 0 Å². The summed E-state index contributed by atoms with van der Waals surface area (Å²) in [4.78, 5) is 3.58. The highest BCUT2D eigenvalue weighted by Crippen LogP contribution is 2.32. The molecule has 0 bridgehead atoms. The van der Waals surface area contributed by atoms with Crippen LogP contribution in [-0.4, -0.2) is 11.5 Å². The normalized spacial score (nSPS) is 20.1. The summed E-state index contributed by atoms with van der Waals surface area (Å²) in [6.45, 7) is 7.70. The van der Waals surface area contributed by atoms with Gasteiger partial charge >= 0.3 is 0 Å². The van der Waals surface area contributed by atoms with Crippen molar-refractivity contribution in [3.63, 3.8) is 0 Å². The Labute approximate surface area is 96.1 Å². The summed E-state index contributed by atoms with van der Waals surface area (Å²) in [5.41, 5.74) is 6.96. The van der Waals surface area contributed by atoms with Crippen molar-refractivity contribution in [1.29, 1.82) is 0 Å². The van der Waals surface area contributed by atoms with Gasteiger partial charge in [-0.05, 0) is 56.5 Å². The van der Waals surface area contributed by atoms with E-state index in [0.717, 1.165) is 13.0 Å². The van der Waals surface area contributed by atoms with Gasteiger partial charge in [0.1, 0.15) is 0 Å². The minimum Gasteiger partial charge on any atom is -0.357 e. The fraction of sp³-hybridized carbons (Fsp3) is 0.429. The lowest BCUT2D eigenvalue weighted by molar-refractivity contribution is 0.533. The molecule has 0 fully saturated rings. The summed E-state index contributed by atoms with van der Waals surface area (Å²) < 4.78 is 0. The smallest absolute Gasteiger partial charge is 0.0464 e. The van der Waals surface area contributed by atoms with E-state index < -0.39 is 0 Å². The van der Waals surface area contributed by atoms with E-state index in [1.54, 1.807) is 0 Å². The van der Waals surface area contributed by atoms with Gasteiger partial charge in [-0.15, -0.1) is 0 Å². The van der Waals surface area contributed by atoms with Crippen molar-refractivity contribution in [2.45, 2.75) is 33.2 Å². The summed E-state index contributed by atoms with van der Waals surface area (Å²) in [6, 6.07) is 4.99. The monoisotopic (exact) mass is 214 g/mol. The van der Waals surface area contributed by atoms with Gasteiger partial charge in [0.2, 0.25) is 0 Å². The van der Waals surface area contributed by atoms with Crippen molar-refractivity contribution in [1.82, 2.24) is 10.3 Å². The van der Waals surface area contributed by atoms with Crippen molar-refractivity contribution in [2.24, 2.45) is 0 Å². The topological polar surface area (TPSA) is 27.8 Å². The number of H-pyrrole nitrogens is 1. The molecule has 84 valence electrons. The second kappa shape index (κ2) is 3.36. The molecule has 0 radical (unpaired) electrons. The van der Waals surface area contributed by atoms with Crippen LogP contribution in [0.1, 0.15) is 35.3 Å². The highest BCUT2D eigenvalue weighted by molar-refractivity contribution is 5.88. The molecule has 1 aromatic carbocycles. The predicted octanol–water partition coefficient (Wildman–Crippen LogP) is 2.99. The fourth-order valence-electron chi connectivity index (χ4n) is 2.97. The van der Waals surface area contributed by atoms with Crippen molar-refractivity contribution in [2.75, 3.05) is 6.54 Å². The largest absolute Gasteiger partial charge is 0.357 e.